The van der Waals surface area contributed by atoms with Crippen molar-refractivity contribution in [2.45, 2.75) is 32.6 Å². The lowest BCUT2D eigenvalue weighted by Gasteiger charge is -2.26. The van der Waals surface area contributed by atoms with Crippen molar-refractivity contribution in [2.75, 3.05) is 51.9 Å². The van der Waals surface area contributed by atoms with Crippen LogP contribution in [0.15, 0.2) is 54.6 Å². The Bertz CT molecular complexity index is 1260. The molecule has 0 aromatic heterocycles. The van der Waals surface area contributed by atoms with E-state index < -0.39 is 11.7 Å². The number of nitrogens with zero attached hydrogens (tertiary/aromatic N) is 1. The Hall–Kier alpha value is -3.42. The van der Waals surface area contributed by atoms with E-state index >= 15 is 0 Å². The highest BCUT2D eigenvalue weighted by atomic mass is 16.5. The van der Waals surface area contributed by atoms with Crippen molar-refractivity contribution in [3.8, 4) is 11.5 Å². The highest BCUT2D eigenvalue weighted by Crippen LogP contribution is 2.34. The predicted molar refractivity (Wildman–Crippen MR) is 146 cm³/mol. The molecule has 196 valence electrons. The van der Waals surface area contributed by atoms with Gasteiger partial charge in [-0.15, -0.1) is 0 Å². The quantitative estimate of drug-likeness (QED) is 0.307. The van der Waals surface area contributed by atoms with E-state index in [1.165, 1.54) is 0 Å². The minimum Gasteiger partial charge on any atom is -0.495 e. The van der Waals surface area contributed by atoms with Crippen LogP contribution in [0.3, 0.4) is 0 Å². The third-order valence-corrected chi connectivity index (χ3v) is 7.22. The number of carbonyl (C=O) groups is 2. The van der Waals surface area contributed by atoms with E-state index in [-0.39, 0.29) is 5.41 Å². The van der Waals surface area contributed by atoms with Gasteiger partial charge in [0.2, 0.25) is 0 Å². The summed E-state index contributed by atoms with van der Waals surface area (Å²) >= 11 is 0. The highest BCUT2D eigenvalue weighted by Gasteiger charge is 2.24. The predicted octanol–water partition coefficient (Wildman–Crippen LogP) is 5.07. The number of fused-ring (bicyclic) bond motifs is 1. The van der Waals surface area contributed by atoms with Crippen molar-refractivity contribution in [3.05, 3.63) is 65.7 Å². The Balaban J connectivity index is 1.53. The summed E-state index contributed by atoms with van der Waals surface area (Å²) < 4.78 is 16.9. The number of morpholine rings is 1. The average Bonchev–Trinajstić information content (AvgIpc) is 2.93. The first-order chi connectivity index (χ1) is 17.8. The van der Waals surface area contributed by atoms with Gasteiger partial charge >= 0.3 is 0 Å². The molecular weight excluding hydrogens is 468 g/mol. The van der Waals surface area contributed by atoms with Crippen LogP contribution in [0.2, 0.25) is 0 Å². The van der Waals surface area contributed by atoms with Crippen molar-refractivity contribution >= 4 is 28.2 Å². The molecule has 0 unspecified atom stereocenters. The molecule has 1 fully saturated rings. The maximum Gasteiger partial charge on any atom is 0.296 e. The molecule has 4 rings (SSSR count). The molecule has 3 aromatic carbocycles. The molecule has 7 heteroatoms. The fraction of sp³-hybridized carbons (Fsp3) is 0.400. The minimum atomic E-state index is -0.712. The van der Waals surface area contributed by atoms with Crippen LogP contribution < -0.4 is 14.8 Å². The first-order valence-electron chi connectivity index (χ1n) is 12.8. The fourth-order valence-corrected chi connectivity index (χ4v) is 4.44. The molecule has 1 N–H and O–H groups in total. The second-order valence-corrected chi connectivity index (χ2v) is 9.90. The summed E-state index contributed by atoms with van der Waals surface area (Å²) in [4.78, 5) is 28.7. The van der Waals surface area contributed by atoms with Crippen molar-refractivity contribution in [1.82, 2.24) is 4.90 Å². The molecule has 0 saturated carbocycles. The summed E-state index contributed by atoms with van der Waals surface area (Å²) in [5, 5.41) is 4.26. The molecule has 7 nitrogen and oxygen atoms in total. The molecule has 1 aliphatic rings. The SMILES string of the molecule is CCC(C)(C)c1ccc(OC)c(NC(=O)C(=O)c2ccc(OCCN3CCOCC3)c3ccccc23)c1. The van der Waals surface area contributed by atoms with Gasteiger partial charge in [0.05, 0.1) is 26.0 Å². The second-order valence-electron chi connectivity index (χ2n) is 9.90. The smallest absolute Gasteiger partial charge is 0.296 e. The number of ketones is 1. The molecule has 1 saturated heterocycles. The number of rotatable bonds is 10. The molecule has 37 heavy (non-hydrogen) atoms. The summed E-state index contributed by atoms with van der Waals surface area (Å²) in [6, 6.07) is 16.6. The zero-order chi connectivity index (χ0) is 26.4. The Labute approximate surface area is 218 Å². The Morgan fingerprint density at radius 1 is 1.00 bits per heavy atom. The molecular formula is C30H36N2O5. The summed E-state index contributed by atoms with van der Waals surface area (Å²) in [5.41, 5.74) is 1.79. The number of benzene rings is 3. The maximum absolute atomic E-state index is 13.3. The molecule has 0 bridgehead atoms. The fourth-order valence-electron chi connectivity index (χ4n) is 4.44. The van der Waals surface area contributed by atoms with Crippen LogP contribution in [0, 0.1) is 0 Å². The topological polar surface area (TPSA) is 77.1 Å². The third-order valence-electron chi connectivity index (χ3n) is 7.22. The first kappa shape index (κ1) is 26.6. The summed E-state index contributed by atoms with van der Waals surface area (Å²) in [6.45, 7) is 11.0. The molecule has 1 amide bonds. The van der Waals surface area contributed by atoms with Crippen LogP contribution in [0.5, 0.6) is 11.5 Å². The van der Waals surface area contributed by atoms with E-state index in [0.717, 1.165) is 50.2 Å². The van der Waals surface area contributed by atoms with E-state index in [1.54, 1.807) is 19.2 Å². The first-order valence-corrected chi connectivity index (χ1v) is 12.8. The van der Waals surface area contributed by atoms with Gasteiger partial charge in [0, 0.05) is 30.6 Å². The Morgan fingerprint density at radius 2 is 1.70 bits per heavy atom. The Kier molecular flexibility index (Phi) is 8.46. The molecule has 3 aromatic rings. The van der Waals surface area contributed by atoms with Gasteiger partial charge in [0.15, 0.2) is 0 Å². The van der Waals surface area contributed by atoms with Crippen molar-refractivity contribution < 1.29 is 23.8 Å². The van der Waals surface area contributed by atoms with Gasteiger partial charge in [-0.3, -0.25) is 14.5 Å². The van der Waals surface area contributed by atoms with Crippen LogP contribution in [0.1, 0.15) is 43.1 Å². The van der Waals surface area contributed by atoms with Crippen molar-refractivity contribution in [1.29, 1.82) is 0 Å². The van der Waals surface area contributed by atoms with E-state index in [0.29, 0.717) is 34.7 Å². The van der Waals surface area contributed by atoms with Gasteiger partial charge in [-0.2, -0.15) is 0 Å². The number of ether oxygens (including phenoxy) is 3. The molecule has 0 atom stereocenters. The lowest BCUT2D eigenvalue weighted by atomic mass is 9.82. The van der Waals surface area contributed by atoms with Crippen LogP contribution in [-0.4, -0.2) is 63.2 Å². The number of hydrogen-bond donors (Lipinski definition) is 1. The van der Waals surface area contributed by atoms with Crippen LogP contribution >= 0.6 is 0 Å². The van der Waals surface area contributed by atoms with E-state index in [1.807, 2.05) is 42.5 Å². The van der Waals surface area contributed by atoms with E-state index in [4.69, 9.17) is 14.2 Å². The minimum absolute atomic E-state index is 0.0798. The number of carbonyl (C=O) groups excluding carboxylic acids is 2. The zero-order valence-corrected chi connectivity index (χ0v) is 22.1. The zero-order valence-electron chi connectivity index (χ0n) is 22.1. The molecule has 0 aliphatic carbocycles. The lowest BCUT2D eigenvalue weighted by Crippen LogP contribution is -2.38. The summed E-state index contributed by atoms with van der Waals surface area (Å²) in [6.07, 6.45) is 0.929. The lowest BCUT2D eigenvalue weighted by molar-refractivity contribution is -0.112. The van der Waals surface area contributed by atoms with Crippen LogP contribution in [0.25, 0.3) is 10.8 Å². The third kappa shape index (κ3) is 6.12. The van der Waals surface area contributed by atoms with Gasteiger partial charge in [-0.25, -0.2) is 0 Å². The molecule has 0 spiro atoms. The molecule has 1 heterocycles. The van der Waals surface area contributed by atoms with Gasteiger partial charge in [0.25, 0.3) is 11.7 Å². The van der Waals surface area contributed by atoms with E-state index in [2.05, 4.69) is 31.0 Å². The number of hydrogen-bond acceptors (Lipinski definition) is 6. The van der Waals surface area contributed by atoms with E-state index in [9.17, 15) is 9.59 Å². The monoisotopic (exact) mass is 504 g/mol. The Morgan fingerprint density at radius 3 is 2.41 bits per heavy atom. The van der Waals surface area contributed by atoms with Crippen LogP contribution in [0.4, 0.5) is 5.69 Å². The number of Topliss-reactive ketones (excluding diaryl/α,β-unsaturated/α-hetero) is 1. The second kappa shape index (κ2) is 11.8. The standard InChI is InChI=1S/C30H36N2O5/c1-5-30(2,3)21-10-12-27(35-4)25(20-21)31-29(34)28(33)24-11-13-26(23-9-7-6-8-22(23)24)37-19-16-32-14-17-36-18-15-32/h6-13,20H,5,14-19H2,1-4H3,(H,31,34). The normalized spacial score (nSPS) is 14.4. The van der Waals surface area contributed by atoms with Gasteiger partial charge in [0.1, 0.15) is 18.1 Å². The summed E-state index contributed by atoms with van der Waals surface area (Å²) in [5.74, 6) is -0.128. The number of anilines is 1. The van der Waals surface area contributed by atoms with Gasteiger partial charge in [-0.1, -0.05) is 51.1 Å². The summed E-state index contributed by atoms with van der Waals surface area (Å²) in [7, 11) is 1.54. The average molecular weight is 505 g/mol. The van der Waals surface area contributed by atoms with Gasteiger partial charge in [-0.05, 0) is 47.1 Å². The number of methoxy groups -OCH3 is 1. The van der Waals surface area contributed by atoms with Gasteiger partial charge < -0.3 is 19.5 Å². The maximum atomic E-state index is 13.3. The van der Waals surface area contributed by atoms with Crippen molar-refractivity contribution in [3.63, 3.8) is 0 Å². The molecule has 0 radical (unpaired) electrons. The van der Waals surface area contributed by atoms with Crippen LogP contribution in [-0.2, 0) is 14.9 Å². The largest absolute Gasteiger partial charge is 0.495 e. The highest BCUT2D eigenvalue weighted by molar-refractivity contribution is 6.48. The molecule has 1 aliphatic heterocycles. The van der Waals surface area contributed by atoms with Crippen molar-refractivity contribution in [2.24, 2.45) is 0 Å². The number of amides is 1. The number of nitrogens with one attached hydrogen (secondary N) is 1.